The Balaban J connectivity index is 0. The van der Waals surface area contributed by atoms with Gasteiger partial charge in [-0.1, -0.05) is 13.0 Å². The Kier molecular flexibility index (Phi) is 10.5. The number of hydrogen-bond acceptors (Lipinski definition) is 5. The fraction of sp³-hybridized carbons (Fsp3) is 0.571. The first-order valence-electron chi connectivity index (χ1n) is 4.04. The summed E-state index contributed by atoms with van der Waals surface area (Å²) < 4.78 is 36.2. The Hall–Kier alpha value is -0.960. The number of carbonyl (C=O) groups excluding carboxylic acids is 1. The van der Waals surface area contributed by atoms with E-state index < -0.39 is 10.4 Å². The molecule has 15 heavy (non-hydrogen) atoms. The maximum atomic E-state index is 10.6. The van der Waals surface area contributed by atoms with Gasteiger partial charge in [-0.25, -0.2) is 4.79 Å². The van der Waals surface area contributed by atoms with E-state index in [2.05, 4.69) is 4.74 Å². The Bertz CT molecular complexity index is 276. The number of ether oxygens (including phenoxy) is 1. The zero-order chi connectivity index (χ0) is 12.3. The minimum Gasteiger partial charge on any atom is -0.461 e. The van der Waals surface area contributed by atoms with Crippen LogP contribution < -0.4 is 5.73 Å². The smallest absolute Gasteiger partial charge is 0.394 e. The van der Waals surface area contributed by atoms with Crippen LogP contribution in [0, 0.1) is 0 Å². The highest BCUT2D eigenvalue weighted by molar-refractivity contribution is 7.79. The van der Waals surface area contributed by atoms with E-state index in [4.69, 9.17) is 23.3 Å². The summed E-state index contributed by atoms with van der Waals surface area (Å²) >= 11 is 0. The summed E-state index contributed by atoms with van der Waals surface area (Å²) in [4.78, 5) is 10.6. The van der Waals surface area contributed by atoms with E-state index in [0.29, 0.717) is 13.2 Å². The fourth-order valence-electron chi connectivity index (χ4n) is 0.422. The van der Waals surface area contributed by atoms with Crippen LogP contribution in [-0.2, 0) is 19.9 Å². The first kappa shape index (κ1) is 16.5. The van der Waals surface area contributed by atoms with Crippen LogP contribution in [0.1, 0.15) is 13.3 Å². The van der Waals surface area contributed by atoms with Crippen molar-refractivity contribution >= 4 is 16.4 Å². The minimum absolute atomic E-state index is 0.298. The highest BCUT2D eigenvalue weighted by Crippen LogP contribution is 1.83. The van der Waals surface area contributed by atoms with Gasteiger partial charge in [0.2, 0.25) is 0 Å². The largest absolute Gasteiger partial charge is 0.461 e. The summed E-state index contributed by atoms with van der Waals surface area (Å²) in [7, 11) is -4.67. The number of carbonyl (C=O) groups is 1. The average molecular weight is 241 g/mol. The number of esters is 1. The van der Waals surface area contributed by atoms with Gasteiger partial charge in [-0.2, -0.15) is 8.42 Å². The van der Waals surface area contributed by atoms with E-state index in [9.17, 15) is 4.79 Å². The third-order valence-corrected chi connectivity index (χ3v) is 0.852. The maximum Gasteiger partial charge on any atom is 0.394 e. The van der Waals surface area contributed by atoms with Gasteiger partial charge in [-0.15, -0.1) is 0 Å². The summed E-state index contributed by atoms with van der Waals surface area (Å²) in [5.41, 5.74) is 5.10. The predicted molar refractivity (Wildman–Crippen MR) is 53.6 cm³/mol. The van der Waals surface area contributed by atoms with Crippen molar-refractivity contribution in [1.29, 1.82) is 0 Å². The molecule has 0 unspecified atom stereocenters. The standard InChI is InChI=1S/C7H13NO2.H2O4S/c1-2-3-4-7(9)10-6-5-8;1-5(2,3)4/h3-4H,2,5-6,8H2,1H3;(H2,1,2,3,4). The van der Waals surface area contributed by atoms with E-state index in [0.717, 1.165) is 6.42 Å². The quantitative estimate of drug-likeness (QED) is 0.353. The summed E-state index contributed by atoms with van der Waals surface area (Å²) in [6.07, 6.45) is 4.01. The SMILES string of the molecule is CCC=CC(=O)OCCN.O=S(=O)(O)O. The first-order chi connectivity index (χ1) is 6.81. The van der Waals surface area contributed by atoms with E-state index in [1.54, 1.807) is 6.08 Å². The first-order valence-corrected chi connectivity index (χ1v) is 5.44. The van der Waals surface area contributed by atoms with Crippen molar-refractivity contribution in [3.63, 3.8) is 0 Å². The van der Waals surface area contributed by atoms with Gasteiger partial charge < -0.3 is 10.5 Å². The van der Waals surface area contributed by atoms with Crippen molar-refractivity contribution in [2.75, 3.05) is 13.2 Å². The second kappa shape index (κ2) is 9.59. The van der Waals surface area contributed by atoms with Crippen molar-refractivity contribution in [3.8, 4) is 0 Å². The highest BCUT2D eigenvalue weighted by atomic mass is 32.3. The molecule has 0 bridgehead atoms. The van der Waals surface area contributed by atoms with Gasteiger partial charge in [0, 0.05) is 12.6 Å². The summed E-state index contributed by atoms with van der Waals surface area (Å²) in [6.45, 7) is 2.63. The van der Waals surface area contributed by atoms with Gasteiger partial charge in [-0.3, -0.25) is 9.11 Å². The third-order valence-electron chi connectivity index (χ3n) is 0.852. The molecule has 0 aliphatic carbocycles. The molecule has 90 valence electrons. The van der Waals surface area contributed by atoms with Crippen LogP contribution in [-0.4, -0.2) is 36.6 Å². The fourth-order valence-corrected chi connectivity index (χ4v) is 0.422. The molecular weight excluding hydrogens is 226 g/mol. The highest BCUT2D eigenvalue weighted by Gasteiger charge is 1.91. The molecule has 0 rings (SSSR count). The van der Waals surface area contributed by atoms with Gasteiger partial charge in [0.05, 0.1) is 0 Å². The van der Waals surface area contributed by atoms with E-state index in [1.165, 1.54) is 6.08 Å². The van der Waals surface area contributed by atoms with E-state index >= 15 is 0 Å². The van der Waals surface area contributed by atoms with Crippen LogP contribution in [0.5, 0.6) is 0 Å². The van der Waals surface area contributed by atoms with Gasteiger partial charge in [-0.05, 0) is 6.42 Å². The lowest BCUT2D eigenvalue weighted by Gasteiger charge is -1.96. The zero-order valence-electron chi connectivity index (χ0n) is 8.29. The molecule has 0 saturated heterocycles. The molecule has 4 N–H and O–H groups in total. The zero-order valence-corrected chi connectivity index (χ0v) is 9.11. The monoisotopic (exact) mass is 241 g/mol. The predicted octanol–water partition coefficient (Wildman–Crippen LogP) is -0.198. The molecule has 8 heteroatoms. The minimum atomic E-state index is -4.67. The molecule has 0 atom stereocenters. The van der Waals surface area contributed by atoms with Crippen LogP contribution in [0.3, 0.4) is 0 Å². The Morgan fingerprint density at radius 3 is 2.27 bits per heavy atom. The lowest BCUT2D eigenvalue weighted by atomic mass is 10.4. The molecule has 0 saturated carbocycles. The third kappa shape index (κ3) is 32.1. The molecule has 0 fully saturated rings. The van der Waals surface area contributed by atoms with Crippen LogP contribution in [0.2, 0.25) is 0 Å². The topological polar surface area (TPSA) is 127 Å². The summed E-state index contributed by atoms with van der Waals surface area (Å²) in [6, 6.07) is 0. The van der Waals surface area contributed by atoms with Gasteiger partial charge >= 0.3 is 16.4 Å². The molecule has 0 aromatic rings. The lowest BCUT2D eigenvalue weighted by molar-refractivity contribution is -0.137. The number of hydrogen-bond donors (Lipinski definition) is 3. The molecule has 7 nitrogen and oxygen atoms in total. The second-order valence-corrected chi connectivity index (χ2v) is 3.11. The molecule has 0 aliphatic rings. The summed E-state index contributed by atoms with van der Waals surface area (Å²) in [5, 5.41) is 0. The summed E-state index contributed by atoms with van der Waals surface area (Å²) in [5.74, 6) is -0.313. The molecule has 0 aromatic carbocycles. The van der Waals surface area contributed by atoms with Crippen LogP contribution in [0.25, 0.3) is 0 Å². The van der Waals surface area contributed by atoms with Crippen molar-refractivity contribution in [1.82, 2.24) is 0 Å². The number of allylic oxidation sites excluding steroid dienone is 1. The van der Waals surface area contributed by atoms with Crippen molar-refractivity contribution in [3.05, 3.63) is 12.2 Å². The van der Waals surface area contributed by atoms with Crippen molar-refractivity contribution < 1.29 is 27.1 Å². The Morgan fingerprint density at radius 1 is 1.47 bits per heavy atom. The van der Waals surface area contributed by atoms with Gasteiger partial charge in [0.15, 0.2) is 0 Å². The average Bonchev–Trinajstić information content (AvgIpc) is 2.08. The van der Waals surface area contributed by atoms with Crippen LogP contribution >= 0.6 is 0 Å². The maximum absolute atomic E-state index is 10.6. The molecule has 0 spiro atoms. The number of rotatable bonds is 4. The van der Waals surface area contributed by atoms with Crippen LogP contribution in [0.15, 0.2) is 12.2 Å². The van der Waals surface area contributed by atoms with E-state index in [1.807, 2.05) is 6.92 Å². The molecule has 0 heterocycles. The molecule has 0 aliphatic heterocycles. The van der Waals surface area contributed by atoms with Crippen LogP contribution in [0.4, 0.5) is 0 Å². The lowest BCUT2D eigenvalue weighted by Crippen LogP contribution is -2.11. The molecule has 0 aromatic heterocycles. The van der Waals surface area contributed by atoms with E-state index in [-0.39, 0.29) is 5.97 Å². The number of nitrogens with two attached hydrogens (primary N) is 1. The Labute approximate surface area is 88.5 Å². The molecule has 0 radical (unpaired) electrons. The normalized spacial score (nSPS) is 10.7. The molecular formula is C7H15NO6S. The van der Waals surface area contributed by atoms with Gasteiger partial charge in [0.1, 0.15) is 6.61 Å². The Morgan fingerprint density at radius 2 is 1.93 bits per heavy atom. The second-order valence-electron chi connectivity index (χ2n) is 2.21. The van der Waals surface area contributed by atoms with Gasteiger partial charge in [0.25, 0.3) is 0 Å². The van der Waals surface area contributed by atoms with Crippen molar-refractivity contribution in [2.24, 2.45) is 5.73 Å². The molecule has 0 amide bonds. The van der Waals surface area contributed by atoms with Crippen molar-refractivity contribution in [2.45, 2.75) is 13.3 Å².